The van der Waals surface area contributed by atoms with Gasteiger partial charge in [0.15, 0.2) is 0 Å². The minimum Gasteiger partial charge on any atom is -0.271 e. The molecule has 3 N–H and O–H groups in total. The summed E-state index contributed by atoms with van der Waals surface area (Å²) < 4.78 is 1.89. The van der Waals surface area contributed by atoms with Crippen LogP contribution in [0.25, 0.3) is 5.52 Å². The van der Waals surface area contributed by atoms with Crippen molar-refractivity contribution < 1.29 is 0 Å². The summed E-state index contributed by atoms with van der Waals surface area (Å²) in [7, 11) is 0. The van der Waals surface area contributed by atoms with Crippen LogP contribution in [-0.4, -0.2) is 9.61 Å². The molecule has 0 aliphatic carbocycles. The predicted octanol–water partition coefficient (Wildman–Crippen LogP) is 2.86. The number of nitrogens with two attached hydrogens (primary N) is 1. The Balaban J connectivity index is 1.68. The number of benzene rings is 1. The summed E-state index contributed by atoms with van der Waals surface area (Å²) in [5, 5.41) is 4.37. The van der Waals surface area contributed by atoms with Crippen LogP contribution in [-0.2, 0) is 6.42 Å². The Hall–Kier alpha value is -2.17. The molecular formula is C17H20N4. The van der Waals surface area contributed by atoms with Crippen LogP contribution in [0.1, 0.15) is 30.0 Å². The molecule has 1 aromatic carbocycles. The van der Waals surface area contributed by atoms with Gasteiger partial charge in [0.2, 0.25) is 0 Å². The molecule has 0 bridgehead atoms. The first-order valence-corrected chi connectivity index (χ1v) is 7.31. The van der Waals surface area contributed by atoms with Gasteiger partial charge in [-0.2, -0.15) is 5.10 Å². The zero-order valence-corrected chi connectivity index (χ0v) is 11.9. The lowest BCUT2D eigenvalue weighted by molar-refractivity contribution is 0.501. The van der Waals surface area contributed by atoms with Crippen LogP contribution in [0.15, 0.2) is 60.9 Å². The fourth-order valence-electron chi connectivity index (χ4n) is 2.71. The lowest BCUT2D eigenvalue weighted by atomic mass is 10.0. The molecule has 1 atom stereocenters. The standard InChI is InChI=1S/C17H20N4/c18-20-16(10-6-9-14-7-2-1-3-8-14)15-13-19-21-12-5-4-11-17(15)21/h1-5,7-8,11-13,16,20H,6,9-10,18H2. The number of hydrazine groups is 1. The van der Waals surface area contributed by atoms with E-state index in [0.717, 1.165) is 30.3 Å². The third-order valence-corrected chi connectivity index (χ3v) is 3.83. The molecular weight excluding hydrogens is 260 g/mol. The van der Waals surface area contributed by atoms with Gasteiger partial charge in [0.05, 0.1) is 11.7 Å². The van der Waals surface area contributed by atoms with Crippen LogP contribution in [0, 0.1) is 0 Å². The first-order chi connectivity index (χ1) is 10.4. The van der Waals surface area contributed by atoms with Crippen LogP contribution in [0.3, 0.4) is 0 Å². The number of rotatable bonds is 6. The predicted molar refractivity (Wildman–Crippen MR) is 84.6 cm³/mol. The summed E-state index contributed by atoms with van der Waals surface area (Å²) in [6.45, 7) is 0. The van der Waals surface area contributed by atoms with Crippen molar-refractivity contribution in [2.45, 2.75) is 25.3 Å². The maximum absolute atomic E-state index is 5.75. The number of hydrogen-bond acceptors (Lipinski definition) is 3. The number of nitrogens with zero attached hydrogens (tertiary/aromatic N) is 2. The Morgan fingerprint density at radius 3 is 2.71 bits per heavy atom. The van der Waals surface area contributed by atoms with Crippen molar-refractivity contribution in [3.63, 3.8) is 0 Å². The molecule has 0 saturated heterocycles. The van der Waals surface area contributed by atoms with Crippen molar-refractivity contribution in [1.29, 1.82) is 0 Å². The molecule has 0 aliphatic heterocycles. The summed E-state index contributed by atoms with van der Waals surface area (Å²) in [5.74, 6) is 5.75. The van der Waals surface area contributed by atoms with Crippen molar-refractivity contribution in [3.05, 3.63) is 72.1 Å². The topological polar surface area (TPSA) is 55.3 Å². The second kappa shape index (κ2) is 6.52. The fraction of sp³-hybridized carbons (Fsp3) is 0.235. The molecule has 0 fully saturated rings. The minimum atomic E-state index is 0.133. The second-order valence-electron chi connectivity index (χ2n) is 5.23. The number of pyridine rings is 1. The average molecular weight is 280 g/mol. The largest absolute Gasteiger partial charge is 0.271 e. The number of aryl methyl sites for hydroxylation is 1. The molecule has 0 saturated carbocycles. The van der Waals surface area contributed by atoms with Crippen LogP contribution in [0.5, 0.6) is 0 Å². The SMILES string of the molecule is NNC(CCCc1ccccc1)c1cnn2ccccc12. The Bertz CT molecular complexity index is 690. The lowest BCUT2D eigenvalue weighted by Gasteiger charge is -2.14. The van der Waals surface area contributed by atoms with Gasteiger partial charge in [-0.3, -0.25) is 11.3 Å². The summed E-state index contributed by atoms with van der Waals surface area (Å²) in [6.07, 6.45) is 7.00. The Morgan fingerprint density at radius 2 is 1.90 bits per heavy atom. The first kappa shape index (κ1) is 13.8. The Morgan fingerprint density at radius 1 is 1.10 bits per heavy atom. The van der Waals surface area contributed by atoms with Gasteiger partial charge in [0.25, 0.3) is 0 Å². The molecule has 108 valence electrons. The van der Waals surface area contributed by atoms with Gasteiger partial charge in [-0.05, 0) is 37.0 Å². The average Bonchev–Trinajstić information content (AvgIpc) is 2.97. The van der Waals surface area contributed by atoms with E-state index in [0.29, 0.717) is 0 Å². The Labute approximate surface area is 124 Å². The van der Waals surface area contributed by atoms with Gasteiger partial charge in [0, 0.05) is 17.8 Å². The molecule has 1 unspecified atom stereocenters. The maximum Gasteiger partial charge on any atom is 0.0709 e. The van der Waals surface area contributed by atoms with E-state index in [9.17, 15) is 0 Å². The van der Waals surface area contributed by atoms with Crippen molar-refractivity contribution in [1.82, 2.24) is 15.0 Å². The summed E-state index contributed by atoms with van der Waals surface area (Å²) in [4.78, 5) is 0. The van der Waals surface area contributed by atoms with Crippen LogP contribution < -0.4 is 11.3 Å². The summed E-state index contributed by atoms with van der Waals surface area (Å²) >= 11 is 0. The lowest BCUT2D eigenvalue weighted by Crippen LogP contribution is -2.28. The van der Waals surface area contributed by atoms with E-state index < -0.39 is 0 Å². The number of nitrogens with one attached hydrogen (secondary N) is 1. The molecule has 0 amide bonds. The molecule has 4 heteroatoms. The van der Waals surface area contributed by atoms with Crippen molar-refractivity contribution in [3.8, 4) is 0 Å². The van der Waals surface area contributed by atoms with Crippen molar-refractivity contribution >= 4 is 5.52 Å². The van der Waals surface area contributed by atoms with Crippen molar-refractivity contribution in [2.24, 2.45) is 5.84 Å². The molecule has 0 spiro atoms. The third kappa shape index (κ3) is 3.12. The van der Waals surface area contributed by atoms with Gasteiger partial charge < -0.3 is 0 Å². The molecule has 3 aromatic rings. The van der Waals surface area contributed by atoms with Crippen LogP contribution in [0.4, 0.5) is 0 Å². The van der Waals surface area contributed by atoms with Crippen LogP contribution >= 0.6 is 0 Å². The van der Waals surface area contributed by atoms with Gasteiger partial charge in [-0.15, -0.1) is 0 Å². The molecule has 0 radical (unpaired) electrons. The molecule has 2 aromatic heterocycles. The van der Waals surface area contributed by atoms with Gasteiger partial charge >= 0.3 is 0 Å². The zero-order valence-electron chi connectivity index (χ0n) is 11.9. The van der Waals surface area contributed by atoms with Crippen molar-refractivity contribution in [2.75, 3.05) is 0 Å². The van der Waals surface area contributed by atoms with E-state index in [2.05, 4.69) is 40.9 Å². The van der Waals surface area contributed by atoms with Gasteiger partial charge in [-0.1, -0.05) is 36.4 Å². The second-order valence-corrected chi connectivity index (χ2v) is 5.23. The molecule has 3 rings (SSSR count). The van der Waals surface area contributed by atoms with Gasteiger partial charge in [-0.25, -0.2) is 4.52 Å². The molecule has 2 heterocycles. The van der Waals surface area contributed by atoms with Crippen LogP contribution in [0.2, 0.25) is 0 Å². The van der Waals surface area contributed by atoms with E-state index in [1.807, 2.05) is 35.1 Å². The third-order valence-electron chi connectivity index (χ3n) is 3.83. The zero-order chi connectivity index (χ0) is 14.5. The highest BCUT2D eigenvalue weighted by molar-refractivity contribution is 5.54. The minimum absolute atomic E-state index is 0.133. The molecule has 0 aliphatic rings. The van der Waals surface area contributed by atoms with E-state index in [1.54, 1.807) is 0 Å². The highest BCUT2D eigenvalue weighted by atomic mass is 15.3. The van der Waals surface area contributed by atoms with Gasteiger partial charge in [0.1, 0.15) is 0 Å². The fourth-order valence-corrected chi connectivity index (χ4v) is 2.71. The van der Waals surface area contributed by atoms with E-state index in [1.165, 1.54) is 5.56 Å². The highest BCUT2D eigenvalue weighted by Gasteiger charge is 2.14. The Kier molecular flexibility index (Phi) is 4.28. The monoisotopic (exact) mass is 280 g/mol. The summed E-state index contributed by atoms with van der Waals surface area (Å²) in [5.41, 5.74) is 6.57. The molecule has 21 heavy (non-hydrogen) atoms. The number of fused-ring (bicyclic) bond motifs is 1. The maximum atomic E-state index is 5.75. The van der Waals surface area contributed by atoms with E-state index in [4.69, 9.17) is 5.84 Å². The quantitative estimate of drug-likeness (QED) is 0.539. The first-order valence-electron chi connectivity index (χ1n) is 7.31. The smallest absolute Gasteiger partial charge is 0.0709 e. The van der Waals surface area contributed by atoms with E-state index in [-0.39, 0.29) is 6.04 Å². The summed E-state index contributed by atoms with van der Waals surface area (Å²) in [6, 6.07) is 16.8. The highest BCUT2D eigenvalue weighted by Crippen LogP contribution is 2.23. The molecule has 4 nitrogen and oxygen atoms in total. The number of aromatic nitrogens is 2. The number of hydrogen-bond donors (Lipinski definition) is 2. The normalized spacial score (nSPS) is 12.6. The van der Waals surface area contributed by atoms with E-state index >= 15 is 0 Å².